The van der Waals surface area contributed by atoms with E-state index in [1.807, 2.05) is 30.3 Å². The van der Waals surface area contributed by atoms with Crippen molar-refractivity contribution in [3.05, 3.63) is 53.6 Å². The summed E-state index contributed by atoms with van der Waals surface area (Å²) in [5, 5.41) is 3.26. The van der Waals surface area contributed by atoms with E-state index in [4.69, 9.17) is 11.6 Å². The summed E-state index contributed by atoms with van der Waals surface area (Å²) in [5.74, 6) is -0.411. The zero-order valence-corrected chi connectivity index (χ0v) is 14.0. The molecule has 2 amide bonds. The number of carbonyl (C=O) groups is 2. The highest BCUT2D eigenvalue weighted by atomic mass is 35.5. The van der Waals surface area contributed by atoms with Crippen LogP contribution in [0.1, 0.15) is 6.42 Å². The highest BCUT2D eigenvalue weighted by molar-refractivity contribution is 6.33. The molecule has 1 aromatic heterocycles. The van der Waals surface area contributed by atoms with Crippen LogP contribution in [-0.4, -0.2) is 28.3 Å². The van der Waals surface area contributed by atoms with Crippen LogP contribution in [0.5, 0.6) is 0 Å². The van der Waals surface area contributed by atoms with Gasteiger partial charge in [0.1, 0.15) is 0 Å². The van der Waals surface area contributed by atoms with Gasteiger partial charge in [0.2, 0.25) is 17.8 Å². The lowest BCUT2D eigenvalue weighted by Gasteiger charge is -2.17. The van der Waals surface area contributed by atoms with Crippen LogP contribution in [0.25, 0.3) is 11.0 Å². The molecule has 126 valence electrons. The maximum Gasteiger partial charge on any atom is 0.232 e. The topological polar surface area (TPSA) is 78.1 Å². The Labute approximate surface area is 148 Å². The van der Waals surface area contributed by atoms with Crippen molar-refractivity contribution in [2.75, 3.05) is 16.8 Å². The van der Waals surface area contributed by atoms with Gasteiger partial charge < -0.3 is 9.88 Å². The Morgan fingerprint density at radius 1 is 1.20 bits per heavy atom. The molecule has 1 aliphatic rings. The van der Waals surface area contributed by atoms with Crippen molar-refractivity contribution >= 4 is 46.1 Å². The zero-order chi connectivity index (χ0) is 17.4. The molecule has 0 radical (unpaired) electrons. The van der Waals surface area contributed by atoms with Gasteiger partial charge in [-0.15, -0.1) is 0 Å². The Balaban J connectivity index is 1.50. The summed E-state index contributed by atoms with van der Waals surface area (Å²) in [4.78, 5) is 33.8. The van der Waals surface area contributed by atoms with E-state index in [1.54, 1.807) is 23.1 Å². The van der Waals surface area contributed by atoms with Crippen molar-refractivity contribution < 1.29 is 9.59 Å². The van der Waals surface area contributed by atoms with Crippen LogP contribution in [0, 0.1) is 5.92 Å². The van der Waals surface area contributed by atoms with Gasteiger partial charge in [0, 0.05) is 13.0 Å². The molecular weight excluding hydrogens is 340 g/mol. The fourth-order valence-corrected chi connectivity index (χ4v) is 3.26. The number of rotatable bonds is 3. The number of para-hydroxylation sites is 3. The number of hydrogen-bond donors (Lipinski definition) is 2. The second-order valence-electron chi connectivity index (χ2n) is 5.95. The van der Waals surface area contributed by atoms with Crippen molar-refractivity contribution in [1.29, 1.82) is 0 Å². The second-order valence-corrected chi connectivity index (χ2v) is 6.36. The molecule has 4 rings (SSSR count). The summed E-state index contributed by atoms with van der Waals surface area (Å²) < 4.78 is 0. The summed E-state index contributed by atoms with van der Waals surface area (Å²) >= 11 is 6.16. The molecule has 2 heterocycles. The predicted molar refractivity (Wildman–Crippen MR) is 96.6 cm³/mol. The third kappa shape index (κ3) is 2.96. The van der Waals surface area contributed by atoms with Crippen LogP contribution < -0.4 is 10.2 Å². The molecule has 3 aromatic rings. The molecule has 0 bridgehead atoms. The molecule has 0 spiro atoms. The molecule has 0 saturated carbocycles. The molecule has 25 heavy (non-hydrogen) atoms. The average molecular weight is 355 g/mol. The summed E-state index contributed by atoms with van der Waals surface area (Å²) in [6, 6.07) is 14.6. The van der Waals surface area contributed by atoms with Crippen LogP contribution in [0.2, 0.25) is 5.02 Å². The number of imidazole rings is 1. The number of benzene rings is 2. The molecule has 1 saturated heterocycles. The average Bonchev–Trinajstić information content (AvgIpc) is 3.18. The van der Waals surface area contributed by atoms with Crippen LogP contribution >= 0.6 is 11.6 Å². The van der Waals surface area contributed by atoms with E-state index in [0.29, 0.717) is 23.2 Å². The number of aromatic amines is 1. The molecule has 1 atom stereocenters. The number of nitrogens with one attached hydrogen (secondary N) is 2. The molecule has 1 aliphatic heterocycles. The first-order valence-electron chi connectivity index (χ1n) is 7.92. The maximum absolute atomic E-state index is 12.5. The minimum absolute atomic E-state index is 0.113. The van der Waals surface area contributed by atoms with E-state index < -0.39 is 5.92 Å². The number of hydrogen-bond acceptors (Lipinski definition) is 3. The van der Waals surface area contributed by atoms with Crippen molar-refractivity contribution in [1.82, 2.24) is 9.97 Å². The zero-order valence-electron chi connectivity index (χ0n) is 13.2. The molecule has 1 fully saturated rings. The van der Waals surface area contributed by atoms with Gasteiger partial charge in [0.25, 0.3) is 0 Å². The van der Waals surface area contributed by atoms with Crippen molar-refractivity contribution in [3.63, 3.8) is 0 Å². The first kappa shape index (κ1) is 15.7. The Bertz CT molecular complexity index is 935. The third-order valence-electron chi connectivity index (χ3n) is 4.27. The monoisotopic (exact) mass is 354 g/mol. The number of fused-ring (bicyclic) bond motifs is 1. The molecule has 2 N–H and O–H groups in total. The van der Waals surface area contributed by atoms with Gasteiger partial charge in [-0.2, -0.15) is 0 Å². The SMILES string of the molecule is O=C(Nc1nc2ccccc2[nH]1)[C@H]1CC(=O)N(c2ccccc2Cl)C1. The number of carbonyl (C=O) groups excluding carboxylic acids is 2. The minimum Gasteiger partial charge on any atom is -0.324 e. The van der Waals surface area contributed by atoms with E-state index in [2.05, 4.69) is 15.3 Å². The number of H-pyrrole nitrogens is 1. The first-order chi connectivity index (χ1) is 12.1. The molecule has 2 aromatic carbocycles. The lowest BCUT2D eigenvalue weighted by atomic mass is 10.1. The maximum atomic E-state index is 12.5. The van der Waals surface area contributed by atoms with Crippen molar-refractivity contribution in [2.24, 2.45) is 5.92 Å². The Morgan fingerprint density at radius 3 is 2.76 bits per heavy atom. The smallest absolute Gasteiger partial charge is 0.232 e. The molecule has 0 aliphatic carbocycles. The van der Waals surface area contributed by atoms with Crippen LogP contribution in [0.4, 0.5) is 11.6 Å². The quantitative estimate of drug-likeness (QED) is 0.758. The van der Waals surface area contributed by atoms with Gasteiger partial charge in [0.15, 0.2) is 0 Å². The first-order valence-corrected chi connectivity index (χ1v) is 8.30. The standard InChI is InChI=1S/C18H15ClN4O2/c19-12-5-1-4-8-15(12)23-10-11(9-16(23)24)17(25)22-18-20-13-6-2-3-7-14(13)21-18/h1-8,11H,9-10H2,(H2,20,21,22,25)/t11-/m0/s1. The van der Waals surface area contributed by atoms with Crippen LogP contribution in [0.15, 0.2) is 48.5 Å². The van der Waals surface area contributed by atoms with Crippen LogP contribution in [0.3, 0.4) is 0 Å². The van der Waals surface area contributed by atoms with E-state index in [0.717, 1.165) is 11.0 Å². The Kier molecular flexibility index (Phi) is 3.89. The van der Waals surface area contributed by atoms with E-state index in [-0.39, 0.29) is 18.2 Å². The van der Waals surface area contributed by atoms with Gasteiger partial charge >= 0.3 is 0 Å². The molecule has 6 nitrogen and oxygen atoms in total. The lowest BCUT2D eigenvalue weighted by molar-refractivity contribution is -0.122. The number of nitrogens with zero attached hydrogens (tertiary/aromatic N) is 2. The van der Waals surface area contributed by atoms with Gasteiger partial charge in [0.05, 0.1) is 27.7 Å². The van der Waals surface area contributed by atoms with E-state index in [1.165, 1.54) is 0 Å². The van der Waals surface area contributed by atoms with Gasteiger partial charge in [-0.1, -0.05) is 35.9 Å². The number of aromatic nitrogens is 2. The van der Waals surface area contributed by atoms with Crippen molar-refractivity contribution in [3.8, 4) is 0 Å². The highest BCUT2D eigenvalue weighted by Gasteiger charge is 2.36. The number of amides is 2. The minimum atomic E-state index is -0.447. The van der Waals surface area contributed by atoms with Gasteiger partial charge in [-0.25, -0.2) is 4.98 Å². The summed E-state index contributed by atoms with van der Waals surface area (Å²) in [6.07, 6.45) is 0.150. The lowest BCUT2D eigenvalue weighted by Crippen LogP contribution is -2.28. The normalized spacial score (nSPS) is 17.2. The van der Waals surface area contributed by atoms with Gasteiger partial charge in [-0.3, -0.25) is 14.9 Å². The fourth-order valence-electron chi connectivity index (χ4n) is 3.02. The third-order valence-corrected chi connectivity index (χ3v) is 4.59. The highest BCUT2D eigenvalue weighted by Crippen LogP contribution is 2.31. The summed E-state index contributed by atoms with van der Waals surface area (Å²) in [6.45, 7) is 0.300. The second kappa shape index (κ2) is 6.22. The fraction of sp³-hybridized carbons (Fsp3) is 0.167. The Morgan fingerprint density at radius 2 is 1.96 bits per heavy atom. The molecular formula is C18H15ClN4O2. The van der Waals surface area contributed by atoms with Crippen LogP contribution in [-0.2, 0) is 9.59 Å². The summed E-state index contributed by atoms with van der Waals surface area (Å²) in [7, 11) is 0. The van der Waals surface area contributed by atoms with E-state index >= 15 is 0 Å². The largest absolute Gasteiger partial charge is 0.324 e. The van der Waals surface area contributed by atoms with Gasteiger partial charge in [-0.05, 0) is 24.3 Å². The number of anilines is 2. The number of halogens is 1. The predicted octanol–water partition coefficient (Wildman–Crippen LogP) is 3.21. The molecule has 0 unspecified atom stereocenters. The molecule has 7 heteroatoms. The Hall–Kier alpha value is -2.86. The summed E-state index contributed by atoms with van der Waals surface area (Å²) in [5.41, 5.74) is 2.25. The van der Waals surface area contributed by atoms with E-state index in [9.17, 15) is 9.59 Å². The van der Waals surface area contributed by atoms with Crippen molar-refractivity contribution in [2.45, 2.75) is 6.42 Å².